The summed E-state index contributed by atoms with van der Waals surface area (Å²) in [6.45, 7) is 2.26. The van der Waals surface area contributed by atoms with Gasteiger partial charge in [-0.25, -0.2) is 4.98 Å². The number of hydrogen-bond donors (Lipinski definition) is 1. The van der Waals surface area contributed by atoms with E-state index in [1.807, 2.05) is 31.2 Å². The largest absolute Gasteiger partial charge is 0.496 e. The van der Waals surface area contributed by atoms with Crippen LogP contribution >= 0.6 is 0 Å². The number of nitrogens with zero attached hydrogens (tertiary/aromatic N) is 1. The van der Waals surface area contributed by atoms with Crippen molar-refractivity contribution in [2.75, 3.05) is 13.7 Å². The molecule has 1 unspecified atom stereocenters. The maximum Gasteiger partial charge on any atom is 0.316 e. The molecular formula is C21H26N2O3. The summed E-state index contributed by atoms with van der Waals surface area (Å²) in [6, 6.07) is 7.83. The highest BCUT2D eigenvalue weighted by molar-refractivity contribution is 5.78. The van der Waals surface area contributed by atoms with Gasteiger partial charge in [0, 0.05) is 5.56 Å². The van der Waals surface area contributed by atoms with Crippen molar-refractivity contribution in [1.29, 1.82) is 0 Å². The zero-order valence-electron chi connectivity index (χ0n) is 15.4. The zero-order chi connectivity index (χ0) is 18.1. The van der Waals surface area contributed by atoms with Gasteiger partial charge in [-0.2, -0.15) is 0 Å². The molecule has 1 aromatic heterocycles. The van der Waals surface area contributed by atoms with Crippen LogP contribution in [0.15, 0.2) is 30.5 Å². The van der Waals surface area contributed by atoms with Crippen molar-refractivity contribution in [1.82, 2.24) is 9.97 Å². The second-order valence-electron chi connectivity index (χ2n) is 7.36. The van der Waals surface area contributed by atoms with Crippen LogP contribution in [-0.2, 0) is 9.53 Å². The predicted molar refractivity (Wildman–Crippen MR) is 98.9 cm³/mol. The number of H-pyrrole nitrogens is 1. The summed E-state index contributed by atoms with van der Waals surface area (Å²) in [5.41, 5.74) is 1.82. The summed E-state index contributed by atoms with van der Waals surface area (Å²) < 4.78 is 10.9. The van der Waals surface area contributed by atoms with E-state index in [1.54, 1.807) is 13.3 Å². The van der Waals surface area contributed by atoms with E-state index in [1.165, 1.54) is 25.7 Å². The molecular weight excluding hydrogens is 328 g/mol. The Morgan fingerprint density at radius 2 is 1.92 bits per heavy atom. The topological polar surface area (TPSA) is 64.2 Å². The first-order valence-corrected chi connectivity index (χ1v) is 9.57. The number of aromatic nitrogens is 2. The van der Waals surface area contributed by atoms with Gasteiger partial charge in [-0.1, -0.05) is 12.1 Å². The average Bonchev–Trinajstić information content (AvgIpc) is 3.59. The maximum absolute atomic E-state index is 12.8. The minimum atomic E-state index is -0.293. The van der Waals surface area contributed by atoms with E-state index >= 15 is 0 Å². The number of esters is 1. The lowest BCUT2D eigenvalue weighted by molar-refractivity contribution is -0.147. The van der Waals surface area contributed by atoms with E-state index < -0.39 is 0 Å². The summed E-state index contributed by atoms with van der Waals surface area (Å²) in [5.74, 6) is 2.71. The third-order valence-corrected chi connectivity index (χ3v) is 5.55. The SMILES string of the molecule is CCOC(=O)C(c1ncc(-c2ccccc2OC)[nH]1)C(C1CC1)C1CC1. The molecule has 2 aliphatic rings. The molecule has 1 N–H and O–H groups in total. The molecule has 0 aliphatic heterocycles. The second kappa shape index (κ2) is 7.14. The number of aromatic amines is 1. The number of para-hydroxylation sites is 1. The van der Waals surface area contributed by atoms with Crippen molar-refractivity contribution in [2.24, 2.45) is 17.8 Å². The Kier molecular flexibility index (Phi) is 4.70. The number of methoxy groups -OCH3 is 1. The van der Waals surface area contributed by atoms with Crippen LogP contribution in [-0.4, -0.2) is 29.7 Å². The number of hydrogen-bond acceptors (Lipinski definition) is 4. The average molecular weight is 354 g/mol. The van der Waals surface area contributed by atoms with Gasteiger partial charge in [-0.05, 0) is 62.5 Å². The smallest absolute Gasteiger partial charge is 0.316 e. The van der Waals surface area contributed by atoms with E-state index in [4.69, 9.17) is 9.47 Å². The Bertz CT molecular complexity index is 765. The monoisotopic (exact) mass is 354 g/mol. The number of carbonyl (C=O) groups excluding carboxylic acids is 1. The first kappa shape index (κ1) is 17.1. The molecule has 4 rings (SSSR count). The summed E-state index contributed by atoms with van der Waals surface area (Å²) in [4.78, 5) is 20.8. The van der Waals surface area contributed by atoms with Crippen molar-refractivity contribution in [3.8, 4) is 17.0 Å². The van der Waals surface area contributed by atoms with Gasteiger partial charge in [0.05, 0.1) is 25.6 Å². The molecule has 1 aromatic carbocycles. The Morgan fingerprint density at radius 3 is 2.54 bits per heavy atom. The third kappa shape index (κ3) is 3.35. The van der Waals surface area contributed by atoms with Crippen molar-refractivity contribution in [3.63, 3.8) is 0 Å². The van der Waals surface area contributed by atoms with Gasteiger partial charge in [0.25, 0.3) is 0 Å². The fourth-order valence-electron chi connectivity index (χ4n) is 4.07. The van der Waals surface area contributed by atoms with E-state index in [0.717, 1.165) is 22.8 Å². The summed E-state index contributed by atoms with van der Waals surface area (Å²) in [6.07, 6.45) is 6.68. The molecule has 138 valence electrons. The molecule has 2 fully saturated rings. The van der Waals surface area contributed by atoms with Crippen LogP contribution in [0.4, 0.5) is 0 Å². The van der Waals surface area contributed by atoms with Gasteiger partial charge >= 0.3 is 5.97 Å². The quantitative estimate of drug-likeness (QED) is 0.723. The molecule has 0 spiro atoms. The Balaban J connectivity index is 1.68. The molecule has 2 aliphatic carbocycles. The highest BCUT2D eigenvalue weighted by Gasteiger charge is 2.49. The summed E-state index contributed by atoms with van der Waals surface area (Å²) in [5, 5.41) is 0. The van der Waals surface area contributed by atoms with Crippen LogP contribution in [0.5, 0.6) is 5.75 Å². The molecule has 0 amide bonds. The minimum absolute atomic E-state index is 0.141. The van der Waals surface area contributed by atoms with Crippen LogP contribution in [0.2, 0.25) is 0 Å². The van der Waals surface area contributed by atoms with Gasteiger partial charge in [-0.15, -0.1) is 0 Å². The van der Waals surface area contributed by atoms with Crippen molar-refractivity contribution >= 4 is 5.97 Å². The molecule has 1 heterocycles. The Morgan fingerprint density at radius 1 is 1.23 bits per heavy atom. The number of carbonyl (C=O) groups is 1. The van der Waals surface area contributed by atoms with Gasteiger partial charge in [0.2, 0.25) is 0 Å². The molecule has 0 saturated heterocycles. The van der Waals surface area contributed by atoms with Crippen molar-refractivity contribution in [3.05, 3.63) is 36.3 Å². The van der Waals surface area contributed by atoms with Crippen LogP contribution in [0, 0.1) is 17.8 Å². The Labute approximate surface area is 154 Å². The molecule has 0 radical (unpaired) electrons. The lowest BCUT2D eigenvalue weighted by Gasteiger charge is -2.24. The lowest BCUT2D eigenvalue weighted by atomic mass is 9.83. The van der Waals surface area contributed by atoms with E-state index in [2.05, 4.69) is 9.97 Å². The molecule has 5 nitrogen and oxygen atoms in total. The van der Waals surface area contributed by atoms with Gasteiger partial charge < -0.3 is 14.5 Å². The van der Waals surface area contributed by atoms with Crippen LogP contribution in [0.1, 0.15) is 44.3 Å². The Hall–Kier alpha value is -2.30. The lowest BCUT2D eigenvalue weighted by Crippen LogP contribution is -2.28. The third-order valence-electron chi connectivity index (χ3n) is 5.55. The van der Waals surface area contributed by atoms with Gasteiger partial charge in [-0.3, -0.25) is 4.79 Å². The molecule has 2 saturated carbocycles. The molecule has 0 bridgehead atoms. The van der Waals surface area contributed by atoms with Crippen molar-refractivity contribution < 1.29 is 14.3 Å². The van der Waals surface area contributed by atoms with E-state index in [0.29, 0.717) is 24.4 Å². The molecule has 1 atom stereocenters. The normalized spacial score (nSPS) is 18.0. The minimum Gasteiger partial charge on any atom is -0.496 e. The fourth-order valence-corrected chi connectivity index (χ4v) is 4.07. The van der Waals surface area contributed by atoms with E-state index in [-0.39, 0.29) is 11.9 Å². The highest BCUT2D eigenvalue weighted by atomic mass is 16.5. The number of ether oxygens (including phenoxy) is 2. The second-order valence-corrected chi connectivity index (χ2v) is 7.36. The number of imidazole rings is 1. The van der Waals surface area contributed by atoms with Crippen LogP contribution in [0.25, 0.3) is 11.3 Å². The molecule has 5 heteroatoms. The first-order chi connectivity index (χ1) is 12.7. The standard InChI is InChI=1S/C21H26N2O3/c1-3-26-21(24)19(18(13-8-9-13)14-10-11-14)20-22-12-16(23-20)15-6-4-5-7-17(15)25-2/h4-7,12-14,18-19H,3,8-11H2,1-2H3,(H,22,23). The van der Waals surface area contributed by atoms with Gasteiger partial charge in [0.1, 0.15) is 17.5 Å². The van der Waals surface area contributed by atoms with Crippen LogP contribution < -0.4 is 4.74 Å². The predicted octanol–water partition coefficient (Wildman–Crippen LogP) is 4.17. The van der Waals surface area contributed by atoms with Gasteiger partial charge in [0.15, 0.2) is 0 Å². The number of rotatable bonds is 8. The summed E-state index contributed by atoms with van der Waals surface area (Å²) in [7, 11) is 1.66. The zero-order valence-corrected chi connectivity index (χ0v) is 15.4. The molecule has 2 aromatic rings. The summed E-state index contributed by atoms with van der Waals surface area (Å²) >= 11 is 0. The number of nitrogens with one attached hydrogen (secondary N) is 1. The van der Waals surface area contributed by atoms with E-state index in [9.17, 15) is 4.79 Å². The highest BCUT2D eigenvalue weighted by Crippen LogP contribution is 2.54. The number of benzene rings is 1. The fraction of sp³-hybridized carbons (Fsp3) is 0.524. The first-order valence-electron chi connectivity index (χ1n) is 9.57. The van der Waals surface area contributed by atoms with Crippen LogP contribution in [0.3, 0.4) is 0 Å². The molecule has 26 heavy (non-hydrogen) atoms. The van der Waals surface area contributed by atoms with Crippen molar-refractivity contribution in [2.45, 2.75) is 38.5 Å². The maximum atomic E-state index is 12.8.